The number of fused-ring (bicyclic) bond motifs is 1. The van der Waals surface area contributed by atoms with E-state index in [2.05, 4.69) is 4.74 Å². The molecule has 0 spiro atoms. The van der Waals surface area contributed by atoms with Crippen molar-refractivity contribution in [3.63, 3.8) is 0 Å². The Hall–Kier alpha value is -1.55. The van der Waals surface area contributed by atoms with E-state index in [0.29, 0.717) is 12.1 Å². The zero-order valence-corrected chi connectivity index (χ0v) is 8.53. The molecule has 2 rings (SSSR count). The summed E-state index contributed by atoms with van der Waals surface area (Å²) >= 11 is 0. The standard InChI is InChI=1S/C11H13NO3/c1-14-11(13)7-2-3-10-8(4-7)5-9(6-12)15-10/h2-4,9H,5-6,12H2,1H3. The van der Waals surface area contributed by atoms with Crippen LogP contribution in [0.5, 0.6) is 5.75 Å². The van der Waals surface area contributed by atoms with Gasteiger partial charge in [0.05, 0.1) is 12.7 Å². The fraction of sp³-hybridized carbons (Fsp3) is 0.364. The van der Waals surface area contributed by atoms with Gasteiger partial charge in [-0.1, -0.05) is 0 Å². The van der Waals surface area contributed by atoms with Gasteiger partial charge in [-0.2, -0.15) is 0 Å². The molecule has 1 aliphatic rings. The topological polar surface area (TPSA) is 61.5 Å². The lowest BCUT2D eigenvalue weighted by Gasteiger charge is -2.05. The van der Waals surface area contributed by atoms with Gasteiger partial charge in [-0.25, -0.2) is 4.79 Å². The molecule has 0 radical (unpaired) electrons. The zero-order valence-electron chi connectivity index (χ0n) is 8.53. The van der Waals surface area contributed by atoms with Crippen molar-refractivity contribution in [2.45, 2.75) is 12.5 Å². The molecule has 1 aromatic carbocycles. The molecular formula is C11H13NO3. The molecule has 1 unspecified atom stereocenters. The minimum atomic E-state index is -0.325. The molecule has 4 heteroatoms. The normalized spacial score (nSPS) is 18.1. The summed E-state index contributed by atoms with van der Waals surface area (Å²) in [7, 11) is 1.37. The van der Waals surface area contributed by atoms with Crippen molar-refractivity contribution in [3.8, 4) is 5.75 Å². The molecule has 0 aliphatic carbocycles. The van der Waals surface area contributed by atoms with Crippen LogP contribution in [0.1, 0.15) is 15.9 Å². The summed E-state index contributed by atoms with van der Waals surface area (Å²) in [4.78, 5) is 11.3. The van der Waals surface area contributed by atoms with Gasteiger partial charge in [-0.3, -0.25) is 0 Å². The number of carbonyl (C=O) groups excluding carboxylic acids is 1. The van der Waals surface area contributed by atoms with Crippen LogP contribution >= 0.6 is 0 Å². The maximum atomic E-state index is 11.3. The lowest BCUT2D eigenvalue weighted by molar-refractivity contribution is 0.0600. The molecule has 4 nitrogen and oxygen atoms in total. The van der Waals surface area contributed by atoms with Crippen molar-refractivity contribution < 1.29 is 14.3 Å². The van der Waals surface area contributed by atoms with E-state index in [1.165, 1.54) is 7.11 Å². The number of rotatable bonds is 2. The number of nitrogens with two attached hydrogens (primary N) is 1. The maximum Gasteiger partial charge on any atom is 0.337 e. The fourth-order valence-corrected chi connectivity index (χ4v) is 1.70. The lowest BCUT2D eigenvalue weighted by atomic mass is 10.1. The molecule has 0 amide bonds. The Morgan fingerprint density at radius 1 is 1.67 bits per heavy atom. The third-order valence-electron chi connectivity index (χ3n) is 2.49. The molecule has 0 saturated heterocycles. The minimum Gasteiger partial charge on any atom is -0.488 e. The van der Waals surface area contributed by atoms with E-state index in [1.807, 2.05) is 0 Å². The first-order chi connectivity index (χ1) is 7.24. The molecule has 15 heavy (non-hydrogen) atoms. The van der Waals surface area contributed by atoms with E-state index in [9.17, 15) is 4.79 Å². The number of hydrogen-bond acceptors (Lipinski definition) is 4. The summed E-state index contributed by atoms with van der Waals surface area (Å²) in [6.45, 7) is 0.488. The summed E-state index contributed by atoms with van der Waals surface area (Å²) in [5, 5.41) is 0. The molecule has 0 saturated carbocycles. The quantitative estimate of drug-likeness (QED) is 0.726. The van der Waals surface area contributed by atoms with Crippen molar-refractivity contribution in [2.75, 3.05) is 13.7 Å². The van der Waals surface area contributed by atoms with E-state index >= 15 is 0 Å². The van der Waals surface area contributed by atoms with Crippen LogP contribution in [0.2, 0.25) is 0 Å². The molecular weight excluding hydrogens is 194 g/mol. The largest absolute Gasteiger partial charge is 0.488 e. The third-order valence-corrected chi connectivity index (χ3v) is 2.49. The number of carbonyl (C=O) groups is 1. The molecule has 0 aromatic heterocycles. The first kappa shape index (κ1) is 9.98. The molecule has 80 valence electrons. The van der Waals surface area contributed by atoms with Crippen molar-refractivity contribution in [2.24, 2.45) is 5.73 Å². The first-order valence-corrected chi connectivity index (χ1v) is 4.82. The highest BCUT2D eigenvalue weighted by Crippen LogP contribution is 2.29. The van der Waals surface area contributed by atoms with Crippen molar-refractivity contribution >= 4 is 5.97 Å². The van der Waals surface area contributed by atoms with Crippen molar-refractivity contribution in [3.05, 3.63) is 29.3 Å². The summed E-state index contributed by atoms with van der Waals surface area (Å²) in [6, 6.07) is 5.29. The lowest BCUT2D eigenvalue weighted by Crippen LogP contribution is -2.24. The van der Waals surface area contributed by atoms with E-state index in [-0.39, 0.29) is 12.1 Å². The Kier molecular flexibility index (Phi) is 2.60. The van der Waals surface area contributed by atoms with Crippen LogP contribution < -0.4 is 10.5 Å². The minimum absolute atomic E-state index is 0.0351. The van der Waals surface area contributed by atoms with Crippen LogP contribution in [0.3, 0.4) is 0 Å². The van der Waals surface area contributed by atoms with E-state index < -0.39 is 0 Å². The second kappa shape index (κ2) is 3.90. The first-order valence-electron chi connectivity index (χ1n) is 4.82. The molecule has 0 fully saturated rings. The van der Waals surface area contributed by atoms with Crippen LogP contribution in [0.15, 0.2) is 18.2 Å². The number of esters is 1. The van der Waals surface area contributed by atoms with Crippen LogP contribution in [-0.4, -0.2) is 25.7 Å². The van der Waals surface area contributed by atoms with Gasteiger partial charge in [0.1, 0.15) is 11.9 Å². The molecule has 2 N–H and O–H groups in total. The van der Waals surface area contributed by atoms with Gasteiger partial charge in [-0.15, -0.1) is 0 Å². The molecule has 1 atom stereocenters. The van der Waals surface area contributed by atoms with Crippen LogP contribution in [0.25, 0.3) is 0 Å². The fourth-order valence-electron chi connectivity index (χ4n) is 1.70. The number of hydrogen-bond donors (Lipinski definition) is 1. The maximum absolute atomic E-state index is 11.3. The Bertz CT molecular complexity index is 389. The van der Waals surface area contributed by atoms with E-state index in [4.69, 9.17) is 10.5 Å². The predicted octanol–water partition coefficient (Wildman–Crippen LogP) is 0.735. The van der Waals surface area contributed by atoms with Gasteiger partial charge in [0.15, 0.2) is 0 Å². The Morgan fingerprint density at radius 3 is 3.13 bits per heavy atom. The van der Waals surface area contributed by atoms with Crippen LogP contribution in [0, 0.1) is 0 Å². The van der Waals surface area contributed by atoms with E-state index in [0.717, 1.165) is 17.7 Å². The van der Waals surface area contributed by atoms with Gasteiger partial charge in [0.25, 0.3) is 0 Å². The van der Waals surface area contributed by atoms with Crippen molar-refractivity contribution in [1.82, 2.24) is 0 Å². The Balaban J connectivity index is 2.26. The molecule has 1 aromatic rings. The smallest absolute Gasteiger partial charge is 0.337 e. The third kappa shape index (κ3) is 1.80. The van der Waals surface area contributed by atoms with Gasteiger partial charge < -0.3 is 15.2 Å². The van der Waals surface area contributed by atoms with Crippen LogP contribution in [0.4, 0.5) is 0 Å². The SMILES string of the molecule is COC(=O)c1ccc2c(c1)CC(CN)O2. The summed E-state index contributed by atoms with van der Waals surface area (Å²) in [6.07, 6.45) is 0.796. The zero-order chi connectivity index (χ0) is 10.8. The van der Waals surface area contributed by atoms with Crippen molar-refractivity contribution in [1.29, 1.82) is 0 Å². The average Bonchev–Trinajstić information content (AvgIpc) is 2.69. The highest BCUT2D eigenvalue weighted by atomic mass is 16.5. The highest BCUT2D eigenvalue weighted by molar-refractivity contribution is 5.89. The van der Waals surface area contributed by atoms with Gasteiger partial charge >= 0.3 is 5.97 Å². The summed E-state index contributed by atoms with van der Waals surface area (Å²) < 4.78 is 10.2. The average molecular weight is 207 g/mol. The van der Waals surface area contributed by atoms with E-state index in [1.54, 1.807) is 18.2 Å². The number of benzene rings is 1. The van der Waals surface area contributed by atoms with Crippen LogP contribution in [-0.2, 0) is 11.2 Å². The molecule has 1 heterocycles. The number of methoxy groups -OCH3 is 1. The van der Waals surface area contributed by atoms with Gasteiger partial charge in [0, 0.05) is 13.0 Å². The summed E-state index contributed by atoms with van der Waals surface area (Å²) in [5.74, 6) is 0.493. The number of ether oxygens (including phenoxy) is 2. The molecule has 1 aliphatic heterocycles. The second-order valence-corrected chi connectivity index (χ2v) is 3.49. The van der Waals surface area contributed by atoms with Gasteiger partial charge in [0.2, 0.25) is 0 Å². The highest BCUT2D eigenvalue weighted by Gasteiger charge is 2.22. The monoisotopic (exact) mass is 207 g/mol. The molecule has 0 bridgehead atoms. The Morgan fingerprint density at radius 2 is 2.47 bits per heavy atom. The predicted molar refractivity (Wildman–Crippen MR) is 55.0 cm³/mol. The van der Waals surface area contributed by atoms with Gasteiger partial charge in [-0.05, 0) is 23.8 Å². The second-order valence-electron chi connectivity index (χ2n) is 3.49. The summed E-state index contributed by atoms with van der Waals surface area (Å²) in [5.41, 5.74) is 7.10. The Labute approximate surface area is 88.0 Å².